The van der Waals surface area contributed by atoms with Gasteiger partial charge in [0.05, 0.1) is 4.90 Å². The van der Waals surface area contributed by atoms with E-state index in [0.717, 1.165) is 0 Å². The van der Waals surface area contributed by atoms with Crippen LogP contribution in [0.25, 0.3) is 0 Å². The zero-order chi connectivity index (χ0) is 13.2. The predicted molar refractivity (Wildman–Crippen MR) is 68.0 cm³/mol. The van der Waals surface area contributed by atoms with E-state index in [1.165, 1.54) is 6.07 Å². The van der Waals surface area contributed by atoms with Crippen molar-refractivity contribution in [1.29, 1.82) is 0 Å². The first-order chi connectivity index (χ1) is 7.77. The van der Waals surface area contributed by atoms with Crippen molar-refractivity contribution in [3.8, 4) is 0 Å². The van der Waals surface area contributed by atoms with Gasteiger partial charge in [-0.15, -0.1) is 0 Å². The Balaban J connectivity index is 3.38. The van der Waals surface area contributed by atoms with E-state index >= 15 is 0 Å². The highest BCUT2D eigenvalue weighted by Gasteiger charge is 2.18. The van der Waals surface area contributed by atoms with E-state index < -0.39 is 9.05 Å². The van der Waals surface area contributed by atoms with Gasteiger partial charge in [0, 0.05) is 22.2 Å². The third-order valence-electron chi connectivity index (χ3n) is 2.52. The third-order valence-corrected chi connectivity index (χ3v) is 3.92. The molecular formula is C12H15ClO3S. The van der Waals surface area contributed by atoms with Gasteiger partial charge in [0.2, 0.25) is 0 Å². The lowest BCUT2D eigenvalue weighted by atomic mass is 9.99. The lowest BCUT2D eigenvalue weighted by molar-refractivity contribution is 0.0939. The molecule has 0 aliphatic carbocycles. The topological polar surface area (TPSA) is 51.2 Å². The minimum absolute atomic E-state index is 0.0353. The molecule has 3 nitrogen and oxygen atoms in total. The first-order valence-corrected chi connectivity index (χ1v) is 7.70. The van der Waals surface area contributed by atoms with E-state index in [0.29, 0.717) is 17.5 Å². The fraction of sp³-hybridized carbons (Fsp3) is 0.417. The predicted octanol–water partition coefficient (Wildman–Crippen LogP) is 3.02. The Morgan fingerprint density at radius 2 is 1.94 bits per heavy atom. The van der Waals surface area contributed by atoms with Crippen molar-refractivity contribution in [3.05, 3.63) is 29.3 Å². The van der Waals surface area contributed by atoms with Crippen LogP contribution in [0.1, 0.15) is 36.7 Å². The molecule has 0 radical (unpaired) electrons. The van der Waals surface area contributed by atoms with Gasteiger partial charge in [-0.1, -0.05) is 32.9 Å². The quantitative estimate of drug-likeness (QED) is 0.626. The fourth-order valence-electron chi connectivity index (χ4n) is 1.56. The number of aryl methyl sites for hydroxylation is 1. The van der Waals surface area contributed by atoms with Crippen molar-refractivity contribution in [2.24, 2.45) is 5.92 Å². The molecule has 5 heteroatoms. The average molecular weight is 275 g/mol. The van der Waals surface area contributed by atoms with Crippen LogP contribution in [0, 0.1) is 5.92 Å². The summed E-state index contributed by atoms with van der Waals surface area (Å²) in [6.07, 6.45) is 0.553. The van der Waals surface area contributed by atoms with Gasteiger partial charge < -0.3 is 0 Å². The van der Waals surface area contributed by atoms with Crippen molar-refractivity contribution in [3.63, 3.8) is 0 Å². The number of hydrogen-bond acceptors (Lipinski definition) is 3. The van der Waals surface area contributed by atoms with Crippen molar-refractivity contribution in [2.75, 3.05) is 0 Å². The molecule has 0 aliphatic heterocycles. The highest BCUT2D eigenvalue weighted by atomic mass is 35.7. The second kappa shape index (κ2) is 5.19. The maximum atomic E-state index is 11.8. The molecule has 1 rings (SSSR count). The summed E-state index contributed by atoms with van der Waals surface area (Å²) < 4.78 is 22.8. The van der Waals surface area contributed by atoms with Crippen LogP contribution in [0.15, 0.2) is 23.1 Å². The van der Waals surface area contributed by atoms with E-state index in [4.69, 9.17) is 10.7 Å². The van der Waals surface area contributed by atoms with Gasteiger partial charge in [0.15, 0.2) is 5.78 Å². The van der Waals surface area contributed by atoms with Crippen molar-refractivity contribution in [1.82, 2.24) is 0 Å². The number of hydrogen-bond donors (Lipinski definition) is 0. The van der Waals surface area contributed by atoms with E-state index in [-0.39, 0.29) is 16.6 Å². The fourth-order valence-corrected chi connectivity index (χ4v) is 2.78. The zero-order valence-electron chi connectivity index (χ0n) is 10.0. The molecule has 1 aromatic carbocycles. The molecule has 0 N–H and O–H groups in total. The van der Waals surface area contributed by atoms with Crippen LogP contribution >= 0.6 is 10.7 Å². The second-order valence-electron chi connectivity index (χ2n) is 4.13. The molecule has 0 spiro atoms. The normalized spacial score (nSPS) is 11.8. The Morgan fingerprint density at radius 3 is 2.35 bits per heavy atom. The Hall–Kier alpha value is -0.870. The number of rotatable bonds is 4. The number of halogens is 1. The highest BCUT2D eigenvalue weighted by Crippen LogP contribution is 2.23. The minimum Gasteiger partial charge on any atom is -0.294 e. The summed E-state index contributed by atoms with van der Waals surface area (Å²) in [6, 6.07) is 4.65. The molecule has 0 bridgehead atoms. The van der Waals surface area contributed by atoms with Gasteiger partial charge in [-0.2, -0.15) is 0 Å². The summed E-state index contributed by atoms with van der Waals surface area (Å²) in [4.78, 5) is 11.8. The first kappa shape index (κ1) is 14.2. The largest absolute Gasteiger partial charge is 0.294 e. The number of Topliss-reactive ketones (excluding diaryl/α,β-unsaturated/α-hetero) is 1. The molecule has 0 saturated carbocycles. The van der Waals surface area contributed by atoms with Crippen LogP contribution in [0.4, 0.5) is 0 Å². The van der Waals surface area contributed by atoms with Crippen LogP contribution in [0.3, 0.4) is 0 Å². The van der Waals surface area contributed by atoms with Crippen LogP contribution in [0.5, 0.6) is 0 Å². The summed E-state index contributed by atoms with van der Waals surface area (Å²) in [6.45, 7) is 5.38. The summed E-state index contributed by atoms with van der Waals surface area (Å²) in [5, 5.41) is 0. The van der Waals surface area contributed by atoms with Gasteiger partial charge in [-0.25, -0.2) is 8.42 Å². The number of ketones is 1. The van der Waals surface area contributed by atoms with E-state index in [9.17, 15) is 13.2 Å². The Morgan fingerprint density at radius 1 is 1.35 bits per heavy atom. The SMILES string of the molecule is CCc1ccc(C(=O)C(C)C)cc1S(=O)(=O)Cl. The zero-order valence-corrected chi connectivity index (χ0v) is 11.6. The van der Waals surface area contributed by atoms with Crippen molar-refractivity contribution >= 4 is 25.5 Å². The van der Waals surface area contributed by atoms with Gasteiger partial charge in [0.1, 0.15) is 0 Å². The molecule has 94 valence electrons. The molecule has 0 aliphatic rings. The maximum absolute atomic E-state index is 11.8. The maximum Gasteiger partial charge on any atom is 0.261 e. The third kappa shape index (κ3) is 3.30. The number of carbonyl (C=O) groups excluding carboxylic acids is 1. The summed E-state index contributed by atoms with van der Waals surface area (Å²) in [5.74, 6) is -0.262. The van der Waals surface area contributed by atoms with Gasteiger partial charge in [-0.3, -0.25) is 4.79 Å². The first-order valence-electron chi connectivity index (χ1n) is 5.39. The molecule has 0 heterocycles. The Labute approximate surface area is 106 Å². The van der Waals surface area contributed by atoms with Crippen LogP contribution < -0.4 is 0 Å². The summed E-state index contributed by atoms with van der Waals surface area (Å²) >= 11 is 0. The van der Waals surface area contributed by atoms with Crippen LogP contribution in [-0.2, 0) is 15.5 Å². The molecule has 0 saturated heterocycles. The molecular weight excluding hydrogens is 260 g/mol. The van der Waals surface area contributed by atoms with Crippen molar-refractivity contribution in [2.45, 2.75) is 32.1 Å². The number of carbonyl (C=O) groups is 1. The van der Waals surface area contributed by atoms with E-state index in [1.807, 2.05) is 6.92 Å². The molecule has 0 aromatic heterocycles. The van der Waals surface area contributed by atoms with E-state index in [2.05, 4.69) is 0 Å². The lowest BCUT2D eigenvalue weighted by Crippen LogP contribution is -2.09. The smallest absolute Gasteiger partial charge is 0.261 e. The number of benzene rings is 1. The molecule has 0 fully saturated rings. The minimum atomic E-state index is -3.81. The molecule has 0 unspecified atom stereocenters. The van der Waals surface area contributed by atoms with Gasteiger partial charge in [0.25, 0.3) is 9.05 Å². The summed E-state index contributed by atoms with van der Waals surface area (Å²) in [5.41, 5.74) is 1.01. The second-order valence-corrected chi connectivity index (χ2v) is 6.67. The van der Waals surface area contributed by atoms with Crippen LogP contribution in [0.2, 0.25) is 0 Å². The molecule has 17 heavy (non-hydrogen) atoms. The Bertz CT molecular complexity index is 533. The van der Waals surface area contributed by atoms with Crippen molar-refractivity contribution < 1.29 is 13.2 Å². The lowest BCUT2D eigenvalue weighted by Gasteiger charge is -2.09. The molecule has 0 amide bonds. The Kier molecular flexibility index (Phi) is 4.33. The highest BCUT2D eigenvalue weighted by molar-refractivity contribution is 8.13. The molecule has 1 aromatic rings. The monoisotopic (exact) mass is 274 g/mol. The van der Waals surface area contributed by atoms with E-state index in [1.54, 1.807) is 26.0 Å². The summed E-state index contributed by atoms with van der Waals surface area (Å²) in [7, 11) is 1.55. The van der Waals surface area contributed by atoms with Gasteiger partial charge in [-0.05, 0) is 18.1 Å². The van der Waals surface area contributed by atoms with Gasteiger partial charge >= 0.3 is 0 Å². The average Bonchev–Trinajstić information content (AvgIpc) is 2.25. The van der Waals surface area contributed by atoms with Crippen LogP contribution in [-0.4, -0.2) is 14.2 Å². The molecule has 0 atom stereocenters. The standard InChI is InChI=1S/C12H15ClO3S/c1-4-9-5-6-10(12(14)8(2)3)7-11(9)17(13,15)16/h5-8H,4H2,1-3H3.